The monoisotopic (exact) mass is 370 g/mol. The van der Waals surface area contributed by atoms with E-state index in [2.05, 4.69) is 25.5 Å². The normalized spacial score (nSPS) is 13.4. The first-order valence-electron chi connectivity index (χ1n) is 8.90. The molecular formula is C18H22N6O3. The lowest BCUT2D eigenvalue weighted by atomic mass is 10.2. The van der Waals surface area contributed by atoms with Crippen molar-refractivity contribution >= 4 is 23.2 Å². The van der Waals surface area contributed by atoms with Gasteiger partial charge in [0.2, 0.25) is 0 Å². The third-order valence-corrected chi connectivity index (χ3v) is 4.29. The van der Waals surface area contributed by atoms with Crippen molar-refractivity contribution in [3.8, 4) is 0 Å². The fourth-order valence-electron chi connectivity index (χ4n) is 2.98. The molecule has 1 aromatic heterocycles. The van der Waals surface area contributed by atoms with E-state index in [9.17, 15) is 14.9 Å². The molecule has 1 saturated heterocycles. The number of nitrogens with zero attached hydrogens (tertiary/aromatic N) is 4. The third kappa shape index (κ3) is 4.90. The van der Waals surface area contributed by atoms with E-state index < -0.39 is 4.92 Å². The van der Waals surface area contributed by atoms with E-state index in [1.807, 2.05) is 13.0 Å². The lowest BCUT2D eigenvalue weighted by Gasteiger charge is -2.17. The van der Waals surface area contributed by atoms with Crippen LogP contribution in [0.25, 0.3) is 0 Å². The second-order valence-electron chi connectivity index (χ2n) is 6.34. The fourth-order valence-corrected chi connectivity index (χ4v) is 2.98. The lowest BCUT2D eigenvalue weighted by molar-refractivity contribution is -0.384. The topological polar surface area (TPSA) is 113 Å². The number of amides is 1. The van der Waals surface area contributed by atoms with Crippen LogP contribution in [0, 0.1) is 17.0 Å². The van der Waals surface area contributed by atoms with Crippen LogP contribution in [-0.4, -0.2) is 47.0 Å². The highest BCUT2D eigenvalue weighted by molar-refractivity contribution is 5.94. The van der Waals surface area contributed by atoms with E-state index in [1.54, 1.807) is 6.07 Å². The fraction of sp³-hybridized carbons (Fsp3) is 0.389. The number of hydrogen-bond acceptors (Lipinski definition) is 7. The van der Waals surface area contributed by atoms with Gasteiger partial charge < -0.3 is 15.5 Å². The smallest absolute Gasteiger partial charge is 0.270 e. The van der Waals surface area contributed by atoms with Crippen LogP contribution in [0.2, 0.25) is 0 Å². The van der Waals surface area contributed by atoms with Gasteiger partial charge in [-0.05, 0) is 25.8 Å². The summed E-state index contributed by atoms with van der Waals surface area (Å²) in [5.74, 6) is 1.98. The SMILES string of the molecule is Cc1nc(NCCNC(=O)c2cccc([N+](=O)[O-])c2)cc(N2CCCC2)n1. The first-order valence-corrected chi connectivity index (χ1v) is 8.90. The minimum absolute atomic E-state index is 0.105. The van der Waals surface area contributed by atoms with Gasteiger partial charge >= 0.3 is 0 Å². The van der Waals surface area contributed by atoms with Crippen LogP contribution < -0.4 is 15.5 Å². The molecule has 142 valence electrons. The number of nitrogens with one attached hydrogen (secondary N) is 2. The Hall–Kier alpha value is -3.23. The van der Waals surface area contributed by atoms with Crippen LogP contribution in [0.4, 0.5) is 17.3 Å². The van der Waals surface area contributed by atoms with Crippen molar-refractivity contribution in [2.45, 2.75) is 19.8 Å². The Morgan fingerprint density at radius 2 is 2.00 bits per heavy atom. The number of aromatic nitrogens is 2. The van der Waals surface area contributed by atoms with Gasteiger partial charge in [-0.15, -0.1) is 0 Å². The summed E-state index contributed by atoms with van der Waals surface area (Å²) in [4.78, 5) is 33.5. The molecule has 27 heavy (non-hydrogen) atoms. The van der Waals surface area contributed by atoms with Crippen molar-refractivity contribution < 1.29 is 9.72 Å². The number of carbonyl (C=O) groups excluding carboxylic acids is 1. The van der Waals surface area contributed by atoms with Crippen LogP contribution >= 0.6 is 0 Å². The average molecular weight is 370 g/mol. The molecule has 2 aromatic rings. The Bertz CT molecular complexity index is 836. The van der Waals surface area contributed by atoms with E-state index in [0.29, 0.717) is 24.7 Å². The van der Waals surface area contributed by atoms with E-state index in [-0.39, 0.29) is 17.2 Å². The van der Waals surface area contributed by atoms with Crippen LogP contribution in [0.5, 0.6) is 0 Å². The molecule has 1 fully saturated rings. The molecule has 0 radical (unpaired) electrons. The highest BCUT2D eigenvalue weighted by Crippen LogP contribution is 2.20. The minimum atomic E-state index is -0.520. The molecule has 0 spiro atoms. The van der Waals surface area contributed by atoms with Gasteiger partial charge in [-0.25, -0.2) is 9.97 Å². The van der Waals surface area contributed by atoms with E-state index in [0.717, 1.165) is 18.9 Å². The lowest BCUT2D eigenvalue weighted by Crippen LogP contribution is -2.29. The Morgan fingerprint density at radius 3 is 2.74 bits per heavy atom. The highest BCUT2D eigenvalue weighted by Gasteiger charge is 2.15. The zero-order valence-electron chi connectivity index (χ0n) is 15.1. The van der Waals surface area contributed by atoms with Crippen molar-refractivity contribution in [3.05, 3.63) is 51.8 Å². The molecular weight excluding hydrogens is 348 g/mol. The summed E-state index contributed by atoms with van der Waals surface area (Å²) >= 11 is 0. The molecule has 9 heteroatoms. The molecule has 0 bridgehead atoms. The van der Waals surface area contributed by atoms with Crippen molar-refractivity contribution in [2.75, 3.05) is 36.4 Å². The quantitative estimate of drug-likeness (QED) is 0.436. The van der Waals surface area contributed by atoms with Gasteiger partial charge in [-0.3, -0.25) is 14.9 Å². The standard InChI is InChI=1S/C18H22N6O3/c1-13-21-16(12-17(22-13)23-9-2-3-10-23)19-7-8-20-18(25)14-5-4-6-15(11-14)24(26)27/h4-6,11-12H,2-3,7-10H2,1H3,(H,20,25)(H,19,21,22). The van der Waals surface area contributed by atoms with Crippen molar-refractivity contribution in [3.63, 3.8) is 0 Å². The van der Waals surface area contributed by atoms with Gasteiger partial charge in [0.1, 0.15) is 17.5 Å². The maximum absolute atomic E-state index is 12.1. The van der Waals surface area contributed by atoms with Gasteiger partial charge in [0.15, 0.2) is 0 Å². The average Bonchev–Trinajstić information content (AvgIpc) is 3.19. The summed E-state index contributed by atoms with van der Waals surface area (Å²) in [6, 6.07) is 7.58. The van der Waals surface area contributed by atoms with E-state index in [1.165, 1.54) is 31.0 Å². The van der Waals surface area contributed by atoms with Gasteiger partial charge in [0.05, 0.1) is 4.92 Å². The second kappa shape index (κ2) is 8.43. The van der Waals surface area contributed by atoms with Gasteiger partial charge in [-0.1, -0.05) is 6.07 Å². The van der Waals surface area contributed by atoms with Crippen LogP contribution in [-0.2, 0) is 0 Å². The van der Waals surface area contributed by atoms with E-state index in [4.69, 9.17) is 0 Å². The third-order valence-electron chi connectivity index (χ3n) is 4.29. The molecule has 0 atom stereocenters. The summed E-state index contributed by atoms with van der Waals surface area (Å²) in [5, 5.41) is 16.7. The Labute approximate surface area is 157 Å². The second-order valence-corrected chi connectivity index (χ2v) is 6.34. The van der Waals surface area contributed by atoms with Crippen molar-refractivity contribution in [1.29, 1.82) is 0 Å². The first kappa shape index (κ1) is 18.6. The number of carbonyl (C=O) groups is 1. The molecule has 1 aromatic carbocycles. The molecule has 1 aliphatic rings. The van der Waals surface area contributed by atoms with Gasteiger partial charge in [0, 0.05) is 49.9 Å². The Kier molecular flexibility index (Phi) is 5.80. The molecule has 0 aliphatic carbocycles. The molecule has 2 N–H and O–H groups in total. The molecule has 2 heterocycles. The van der Waals surface area contributed by atoms with Gasteiger partial charge in [0.25, 0.3) is 11.6 Å². The molecule has 1 amide bonds. The molecule has 9 nitrogen and oxygen atoms in total. The van der Waals surface area contributed by atoms with Gasteiger partial charge in [-0.2, -0.15) is 0 Å². The molecule has 3 rings (SSSR count). The summed E-state index contributed by atoms with van der Waals surface area (Å²) in [6.45, 7) is 4.72. The molecule has 0 saturated carbocycles. The Balaban J connectivity index is 1.52. The summed E-state index contributed by atoms with van der Waals surface area (Å²) in [7, 11) is 0. The van der Waals surface area contributed by atoms with E-state index >= 15 is 0 Å². The summed E-state index contributed by atoms with van der Waals surface area (Å²) in [6.07, 6.45) is 2.35. The van der Waals surface area contributed by atoms with Crippen molar-refractivity contribution in [1.82, 2.24) is 15.3 Å². The molecule has 1 aliphatic heterocycles. The summed E-state index contributed by atoms with van der Waals surface area (Å²) < 4.78 is 0. The number of anilines is 2. The van der Waals surface area contributed by atoms with Crippen LogP contribution in [0.1, 0.15) is 29.0 Å². The van der Waals surface area contributed by atoms with Crippen LogP contribution in [0.3, 0.4) is 0 Å². The Morgan fingerprint density at radius 1 is 1.22 bits per heavy atom. The number of benzene rings is 1. The maximum Gasteiger partial charge on any atom is 0.270 e. The minimum Gasteiger partial charge on any atom is -0.368 e. The number of non-ortho nitro benzene ring substituents is 1. The molecule has 0 unspecified atom stereocenters. The zero-order valence-corrected chi connectivity index (χ0v) is 15.1. The largest absolute Gasteiger partial charge is 0.368 e. The predicted octanol–water partition coefficient (Wildman–Crippen LogP) is 2.14. The van der Waals surface area contributed by atoms with Crippen LogP contribution in [0.15, 0.2) is 30.3 Å². The number of rotatable bonds is 7. The number of nitro groups is 1. The number of nitro benzene ring substituents is 1. The number of hydrogen-bond donors (Lipinski definition) is 2. The summed E-state index contributed by atoms with van der Waals surface area (Å²) in [5.41, 5.74) is 0.157. The van der Waals surface area contributed by atoms with Crippen molar-refractivity contribution in [2.24, 2.45) is 0 Å². The maximum atomic E-state index is 12.1. The highest BCUT2D eigenvalue weighted by atomic mass is 16.6. The number of aryl methyl sites for hydroxylation is 1. The predicted molar refractivity (Wildman–Crippen MR) is 102 cm³/mol. The zero-order chi connectivity index (χ0) is 19.2. The first-order chi connectivity index (χ1) is 13.0.